The first-order chi connectivity index (χ1) is 7.75. The van der Waals surface area contributed by atoms with Crippen LogP contribution in [0, 0.1) is 5.82 Å². The van der Waals surface area contributed by atoms with Crippen molar-refractivity contribution < 1.29 is 9.13 Å². The van der Waals surface area contributed by atoms with E-state index in [0.717, 1.165) is 32.4 Å². The summed E-state index contributed by atoms with van der Waals surface area (Å²) in [4.78, 5) is 0. The third-order valence-electron chi connectivity index (χ3n) is 2.80. The highest BCUT2D eigenvalue weighted by Gasteiger charge is 2.14. The van der Waals surface area contributed by atoms with Crippen LogP contribution in [0.3, 0.4) is 0 Å². The van der Waals surface area contributed by atoms with Gasteiger partial charge in [0, 0.05) is 18.8 Å². The summed E-state index contributed by atoms with van der Waals surface area (Å²) >= 11 is 0. The second-order valence-electron chi connectivity index (χ2n) is 4.09. The van der Waals surface area contributed by atoms with Crippen LogP contribution in [0.25, 0.3) is 0 Å². The Hall–Kier alpha value is -1.29. The molecular formula is C12H17FN2O. The van der Waals surface area contributed by atoms with Gasteiger partial charge in [0.1, 0.15) is 5.82 Å². The van der Waals surface area contributed by atoms with Gasteiger partial charge >= 0.3 is 0 Å². The van der Waals surface area contributed by atoms with E-state index in [1.54, 1.807) is 12.1 Å². The molecule has 1 unspecified atom stereocenters. The van der Waals surface area contributed by atoms with Gasteiger partial charge in [0.25, 0.3) is 0 Å². The lowest BCUT2D eigenvalue weighted by molar-refractivity contribution is 0.107. The van der Waals surface area contributed by atoms with Crippen molar-refractivity contribution >= 4 is 11.4 Å². The number of ether oxygens (including phenoxy) is 1. The second-order valence-corrected chi connectivity index (χ2v) is 4.09. The smallest absolute Gasteiger partial charge is 0.148 e. The third kappa shape index (κ3) is 2.85. The lowest BCUT2D eigenvalue weighted by atomic mass is 10.2. The Morgan fingerprint density at radius 1 is 1.50 bits per heavy atom. The molecule has 4 heteroatoms. The molecule has 3 nitrogen and oxygen atoms in total. The standard InChI is InChI=1S/C12H17FN2O/c13-11-8-9(14)3-4-12(11)15-6-5-10-2-1-7-16-10/h3-4,8,10,15H,1-2,5-7,14H2. The number of nitrogens with two attached hydrogens (primary N) is 1. The highest BCUT2D eigenvalue weighted by atomic mass is 19.1. The summed E-state index contributed by atoms with van der Waals surface area (Å²) in [6.45, 7) is 1.59. The predicted octanol–water partition coefficient (Wildman–Crippen LogP) is 2.39. The molecule has 1 aromatic carbocycles. The number of benzene rings is 1. The minimum atomic E-state index is -0.299. The number of hydrogen-bond acceptors (Lipinski definition) is 3. The van der Waals surface area contributed by atoms with E-state index >= 15 is 0 Å². The van der Waals surface area contributed by atoms with E-state index in [0.29, 0.717) is 17.5 Å². The molecule has 0 aromatic heterocycles. The number of halogens is 1. The van der Waals surface area contributed by atoms with Crippen LogP contribution in [0.1, 0.15) is 19.3 Å². The van der Waals surface area contributed by atoms with Crippen molar-refractivity contribution in [2.24, 2.45) is 0 Å². The molecule has 0 saturated carbocycles. The molecule has 2 rings (SSSR count). The van der Waals surface area contributed by atoms with Gasteiger partial charge in [-0.25, -0.2) is 4.39 Å². The molecule has 0 amide bonds. The molecule has 16 heavy (non-hydrogen) atoms. The van der Waals surface area contributed by atoms with Crippen molar-refractivity contribution in [1.29, 1.82) is 0 Å². The first-order valence-electron chi connectivity index (χ1n) is 5.66. The fourth-order valence-electron chi connectivity index (χ4n) is 1.91. The maximum absolute atomic E-state index is 13.4. The molecule has 1 aromatic rings. The van der Waals surface area contributed by atoms with Crippen LogP contribution in [-0.2, 0) is 4.74 Å². The highest BCUT2D eigenvalue weighted by molar-refractivity contribution is 5.52. The van der Waals surface area contributed by atoms with E-state index < -0.39 is 0 Å². The summed E-state index contributed by atoms with van der Waals surface area (Å²) in [6, 6.07) is 4.69. The second kappa shape index (κ2) is 5.16. The molecule has 0 spiro atoms. The topological polar surface area (TPSA) is 47.3 Å². The monoisotopic (exact) mass is 224 g/mol. The molecule has 88 valence electrons. The zero-order valence-corrected chi connectivity index (χ0v) is 9.21. The van der Waals surface area contributed by atoms with Crippen molar-refractivity contribution in [3.8, 4) is 0 Å². The van der Waals surface area contributed by atoms with E-state index in [1.807, 2.05) is 0 Å². The van der Waals surface area contributed by atoms with Crippen LogP contribution >= 0.6 is 0 Å². The molecule has 1 aliphatic rings. The van der Waals surface area contributed by atoms with Gasteiger partial charge in [-0.15, -0.1) is 0 Å². The summed E-state index contributed by atoms with van der Waals surface area (Å²) in [5.74, 6) is -0.299. The zero-order valence-electron chi connectivity index (χ0n) is 9.21. The Balaban J connectivity index is 1.80. The van der Waals surface area contributed by atoms with Gasteiger partial charge in [-0.2, -0.15) is 0 Å². The number of nitrogen functional groups attached to an aromatic ring is 1. The largest absolute Gasteiger partial charge is 0.399 e. The summed E-state index contributed by atoms with van der Waals surface area (Å²) in [7, 11) is 0. The molecule has 3 N–H and O–H groups in total. The summed E-state index contributed by atoms with van der Waals surface area (Å²) in [5, 5.41) is 3.06. The molecule has 0 aliphatic carbocycles. The first kappa shape index (κ1) is 11.2. The van der Waals surface area contributed by atoms with Gasteiger partial charge in [-0.05, 0) is 37.5 Å². The van der Waals surface area contributed by atoms with Crippen molar-refractivity contribution in [2.75, 3.05) is 24.2 Å². The van der Waals surface area contributed by atoms with E-state index in [2.05, 4.69) is 5.32 Å². The number of rotatable bonds is 4. The molecule has 1 atom stereocenters. The highest BCUT2D eigenvalue weighted by Crippen LogP contribution is 2.18. The zero-order chi connectivity index (χ0) is 11.4. The van der Waals surface area contributed by atoms with E-state index in [4.69, 9.17) is 10.5 Å². The average Bonchev–Trinajstić information content (AvgIpc) is 2.74. The van der Waals surface area contributed by atoms with Gasteiger partial charge in [0.15, 0.2) is 0 Å². The summed E-state index contributed by atoms with van der Waals surface area (Å²) in [5.41, 5.74) is 6.42. The van der Waals surface area contributed by atoms with E-state index in [1.165, 1.54) is 6.07 Å². The van der Waals surface area contributed by atoms with Gasteiger partial charge in [0.2, 0.25) is 0 Å². The Morgan fingerprint density at radius 3 is 3.06 bits per heavy atom. The Labute approximate surface area is 94.8 Å². The van der Waals surface area contributed by atoms with Crippen LogP contribution in [0.15, 0.2) is 18.2 Å². The van der Waals surface area contributed by atoms with E-state index in [-0.39, 0.29) is 5.82 Å². The van der Waals surface area contributed by atoms with Crippen LogP contribution in [0.4, 0.5) is 15.8 Å². The fraction of sp³-hybridized carbons (Fsp3) is 0.500. The maximum Gasteiger partial charge on any atom is 0.148 e. The Morgan fingerprint density at radius 2 is 2.38 bits per heavy atom. The lowest BCUT2D eigenvalue weighted by Crippen LogP contribution is -2.13. The molecule has 1 aliphatic heterocycles. The van der Waals surface area contributed by atoms with Crippen molar-refractivity contribution in [2.45, 2.75) is 25.4 Å². The molecule has 1 saturated heterocycles. The first-order valence-corrected chi connectivity index (χ1v) is 5.66. The maximum atomic E-state index is 13.4. The van der Waals surface area contributed by atoms with E-state index in [9.17, 15) is 4.39 Å². The van der Waals surface area contributed by atoms with Gasteiger partial charge < -0.3 is 15.8 Å². The third-order valence-corrected chi connectivity index (χ3v) is 2.80. The van der Waals surface area contributed by atoms with Gasteiger partial charge in [-0.1, -0.05) is 0 Å². The number of hydrogen-bond donors (Lipinski definition) is 2. The minimum Gasteiger partial charge on any atom is -0.399 e. The van der Waals surface area contributed by atoms with Crippen molar-refractivity contribution in [3.63, 3.8) is 0 Å². The van der Waals surface area contributed by atoms with Gasteiger partial charge in [-0.3, -0.25) is 0 Å². The van der Waals surface area contributed by atoms with Crippen LogP contribution in [-0.4, -0.2) is 19.3 Å². The predicted molar refractivity (Wildman–Crippen MR) is 62.9 cm³/mol. The Bertz CT molecular complexity index is 351. The number of nitrogens with one attached hydrogen (secondary N) is 1. The summed E-state index contributed by atoms with van der Waals surface area (Å²) < 4.78 is 18.9. The van der Waals surface area contributed by atoms with Crippen molar-refractivity contribution in [3.05, 3.63) is 24.0 Å². The average molecular weight is 224 g/mol. The van der Waals surface area contributed by atoms with Crippen molar-refractivity contribution in [1.82, 2.24) is 0 Å². The van der Waals surface area contributed by atoms with Crippen LogP contribution in [0.5, 0.6) is 0 Å². The lowest BCUT2D eigenvalue weighted by Gasteiger charge is -2.11. The quantitative estimate of drug-likeness (QED) is 0.772. The molecule has 1 heterocycles. The normalized spacial score (nSPS) is 19.9. The SMILES string of the molecule is Nc1ccc(NCCC2CCCO2)c(F)c1. The molecule has 0 bridgehead atoms. The molecule has 0 radical (unpaired) electrons. The fourth-order valence-corrected chi connectivity index (χ4v) is 1.91. The van der Waals surface area contributed by atoms with Crippen LogP contribution < -0.4 is 11.1 Å². The number of anilines is 2. The van der Waals surface area contributed by atoms with Gasteiger partial charge in [0.05, 0.1) is 11.8 Å². The minimum absolute atomic E-state index is 0.299. The Kier molecular flexibility index (Phi) is 3.62. The molecular weight excluding hydrogens is 207 g/mol. The molecule has 1 fully saturated rings. The summed E-state index contributed by atoms with van der Waals surface area (Å²) in [6.07, 6.45) is 3.51. The van der Waals surface area contributed by atoms with Crippen LogP contribution in [0.2, 0.25) is 0 Å².